The van der Waals surface area contributed by atoms with Crippen LogP contribution in [0.4, 0.5) is 10.5 Å². The van der Waals surface area contributed by atoms with Gasteiger partial charge >= 0.3 is 6.03 Å². The van der Waals surface area contributed by atoms with Gasteiger partial charge in [-0.1, -0.05) is 6.07 Å². The third-order valence-corrected chi connectivity index (χ3v) is 7.60. The van der Waals surface area contributed by atoms with Crippen LogP contribution in [0.15, 0.2) is 6.07 Å². The molecular weight excluding hydrogens is 344 g/mol. The smallest absolute Gasteiger partial charge is 0.307 e. The van der Waals surface area contributed by atoms with Gasteiger partial charge in [0.15, 0.2) is 0 Å². The minimum Gasteiger partial charge on any atom is -0.307 e. The summed E-state index contributed by atoms with van der Waals surface area (Å²) < 4.78 is 5.34. The van der Waals surface area contributed by atoms with Crippen LogP contribution < -0.4 is 10.0 Å². The van der Waals surface area contributed by atoms with E-state index in [1.807, 2.05) is 0 Å². The first-order chi connectivity index (χ1) is 12.7. The number of amides is 2. The Hall–Kier alpha value is -1.24. The van der Waals surface area contributed by atoms with Crippen LogP contribution in [0.2, 0.25) is 0 Å². The summed E-state index contributed by atoms with van der Waals surface area (Å²) >= 11 is 1.48. The van der Waals surface area contributed by atoms with E-state index in [2.05, 4.69) is 32.4 Å². The molecule has 26 heavy (non-hydrogen) atoms. The first-order valence-electron chi connectivity index (χ1n) is 10.0. The zero-order chi connectivity index (χ0) is 17.7. The van der Waals surface area contributed by atoms with Crippen LogP contribution in [0.1, 0.15) is 41.5 Å². The fourth-order valence-corrected chi connectivity index (χ4v) is 6.18. The van der Waals surface area contributed by atoms with Crippen LogP contribution in [-0.2, 0) is 25.7 Å². The Bertz CT molecular complexity index is 705. The number of likely N-dealkylation sites (N-methyl/N-ethyl adjacent to an activating group) is 1. The molecule has 2 unspecified atom stereocenters. The van der Waals surface area contributed by atoms with E-state index in [-0.39, 0.29) is 6.03 Å². The molecule has 1 aromatic carbocycles. The van der Waals surface area contributed by atoms with Gasteiger partial charge in [0.1, 0.15) is 0 Å². The van der Waals surface area contributed by atoms with Crippen molar-refractivity contribution in [2.45, 2.75) is 51.0 Å². The Morgan fingerprint density at radius 2 is 1.85 bits per heavy atom. The molecule has 6 heteroatoms. The molecule has 0 spiro atoms. The van der Waals surface area contributed by atoms with Crippen molar-refractivity contribution >= 4 is 23.9 Å². The lowest BCUT2D eigenvalue weighted by Crippen LogP contribution is -2.32. The first kappa shape index (κ1) is 16.9. The van der Waals surface area contributed by atoms with Crippen LogP contribution >= 0.6 is 12.1 Å². The fraction of sp³-hybridized carbons (Fsp3) is 0.650. The summed E-state index contributed by atoms with van der Waals surface area (Å²) in [6.07, 6.45) is 8.25. The maximum absolute atomic E-state index is 12.6. The number of nitrogens with zero attached hydrogens (tertiary/aromatic N) is 2. The van der Waals surface area contributed by atoms with Gasteiger partial charge in [0.25, 0.3) is 0 Å². The van der Waals surface area contributed by atoms with Gasteiger partial charge in [0, 0.05) is 37.0 Å². The zero-order valence-corrected chi connectivity index (χ0v) is 16.3. The van der Waals surface area contributed by atoms with Crippen LogP contribution in [0, 0.1) is 5.92 Å². The van der Waals surface area contributed by atoms with Crippen LogP contribution in [-0.4, -0.2) is 48.0 Å². The average Bonchev–Trinajstić information content (AvgIpc) is 3.38. The molecule has 4 aliphatic rings. The molecule has 2 aliphatic carbocycles. The highest BCUT2D eigenvalue weighted by Gasteiger charge is 2.40. The molecule has 0 saturated carbocycles. The highest BCUT2D eigenvalue weighted by Crippen LogP contribution is 2.38. The Balaban J connectivity index is 1.23. The van der Waals surface area contributed by atoms with Gasteiger partial charge in [-0.2, -0.15) is 0 Å². The Morgan fingerprint density at radius 3 is 2.54 bits per heavy atom. The summed E-state index contributed by atoms with van der Waals surface area (Å²) in [6, 6.07) is 2.99. The molecule has 5 rings (SSSR count). The minimum atomic E-state index is -0.0742. The number of hydrogen-bond acceptors (Lipinski definition) is 4. The van der Waals surface area contributed by atoms with Gasteiger partial charge in [-0.15, -0.1) is 0 Å². The van der Waals surface area contributed by atoms with Gasteiger partial charge in [0.05, 0.1) is 0 Å². The Morgan fingerprint density at radius 1 is 1.12 bits per heavy atom. The van der Waals surface area contributed by atoms with Gasteiger partial charge in [-0.3, -0.25) is 4.72 Å². The van der Waals surface area contributed by atoms with Crippen molar-refractivity contribution < 1.29 is 4.79 Å². The van der Waals surface area contributed by atoms with Crippen molar-refractivity contribution in [1.82, 2.24) is 13.9 Å². The lowest BCUT2D eigenvalue weighted by molar-refractivity contribution is 0.256. The van der Waals surface area contributed by atoms with Crippen molar-refractivity contribution in [3.63, 3.8) is 0 Å². The number of nitrogens with one attached hydrogen (secondary N) is 2. The molecular formula is C20H28N4OS. The lowest BCUT2D eigenvalue weighted by atomic mass is 9.99. The van der Waals surface area contributed by atoms with E-state index in [1.54, 1.807) is 0 Å². The standard InChI is InChI=1S/C20H28N4OS/c1-23-9-8-15-11-24(12-18(15)23)26-22-20(25)21-19-16-6-2-4-13(16)10-14-5-3-7-17(14)19/h10,15,18H,2-9,11-12H2,1H3,(H2,21,22,25). The molecule has 2 aliphatic heterocycles. The second-order valence-corrected chi connectivity index (χ2v) is 9.23. The summed E-state index contributed by atoms with van der Waals surface area (Å²) in [6.45, 7) is 3.34. The number of likely N-dealkylation sites (tertiary alicyclic amines) is 1. The molecule has 2 amide bonds. The SMILES string of the molecule is CN1CCC2CN(SNC(=O)Nc3c4c(cc5c3CCC5)CCC4)CC21. The second-order valence-electron chi connectivity index (χ2n) is 8.33. The molecule has 2 saturated heterocycles. The number of carbonyl (C=O) groups excluding carboxylic acids is 1. The topological polar surface area (TPSA) is 47.6 Å². The fourth-order valence-electron chi connectivity index (χ4n) is 5.42. The summed E-state index contributed by atoms with van der Waals surface area (Å²) in [5.41, 5.74) is 6.84. The summed E-state index contributed by atoms with van der Waals surface area (Å²) in [7, 11) is 2.22. The van der Waals surface area contributed by atoms with E-state index in [1.165, 1.54) is 60.2 Å². The third-order valence-electron chi connectivity index (χ3n) is 6.77. The first-order valence-corrected chi connectivity index (χ1v) is 10.8. The van der Waals surface area contributed by atoms with Crippen LogP contribution in [0.3, 0.4) is 0 Å². The molecule has 5 nitrogen and oxygen atoms in total. The molecule has 140 valence electrons. The monoisotopic (exact) mass is 372 g/mol. The number of urea groups is 1. The number of carbonyl (C=O) groups is 1. The van der Waals surface area contributed by atoms with Crippen molar-refractivity contribution in [3.05, 3.63) is 28.3 Å². The number of benzene rings is 1. The van der Waals surface area contributed by atoms with E-state index in [0.717, 1.165) is 50.4 Å². The van der Waals surface area contributed by atoms with Gasteiger partial charge in [-0.25, -0.2) is 9.10 Å². The largest absolute Gasteiger partial charge is 0.330 e. The van der Waals surface area contributed by atoms with Gasteiger partial charge in [-0.05, 0) is 86.7 Å². The minimum absolute atomic E-state index is 0.0742. The summed E-state index contributed by atoms with van der Waals surface area (Å²) in [5.74, 6) is 0.762. The zero-order valence-electron chi connectivity index (χ0n) is 15.5. The second kappa shape index (κ2) is 6.73. The van der Waals surface area contributed by atoms with Gasteiger partial charge < -0.3 is 10.2 Å². The summed E-state index contributed by atoms with van der Waals surface area (Å²) in [5, 5.41) is 3.22. The maximum Gasteiger partial charge on any atom is 0.330 e. The number of fused-ring (bicyclic) bond motifs is 3. The number of rotatable bonds is 3. The highest BCUT2D eigenvalue weighted by atomic mass is 32.2. The van der Waals surface area contributed by atoms with E-state index < -0.39 is 0 Å². The van der Waals surface area contributed by atoms with E-state index in [4.69, 9.17) is 0 Å². The van der Waals surface area contributed by atoms with Crippen molar-refractivity contribution in [2.75, 3.05) is 32.0 Å². The van der Waals surface area contributed by atoms with Crippen molar-refractivity contribution in [2.24, 2.45) is 5.92 Å². The van der Waals surface area contributed by atoms with E-state index in [0.29, 0.717) is 6.04 Å². The van der Waals surface area contributed by atoms with Crippen molar-refractivity contribution in [3.8, 4) is 0 Å². The van der Waals surface area contributed by atoms with Gasteiger partial charge in [0.2, 0.25) is 0 Å². The third kappa shape index (κ3) is 2.92. The Kier molecular flexibility index (Phi) is 4.38. The molecule has 0 radical (unpaired) electrons. The summed E-state index contributed by atoms with van der Waals surface area (Å²) in [4.78, 5) is 15.1. The molecule has 2 fully saturated rings. The highest BCUT2D eigenvalue weighted by molar-refractivity contribution is 7.95. The molecule has 1 aromatic rings. The Labute approximate surface area is 160 Å². The molecule has 2 N–H and O–H groups in total. The molecule has 2 atom stereocenters. The maximum atomic E-state index is 12.6. The lowest BCUT2D eigenvalue weighted by Gasteiger charge is -2.20. The average molecular weight is 373 g/mol. The number of aryl methyl sites for hydroxylation is 2. The number of anilines is 1. The molecule has 0 aromatic heterocycles. The predicted molar refractivity (Wildman–Crippen MR) is 106 cm³/mol. The quantitative estimate of drug-likeness (QED) is 0.801. The van der Waals surface area contributed by atoms with E-state index >= 15 is 0 Å². The van der Waals surface area contributed by atoms with E-state index in [9.17, 15) is 4.79 Å². The molecule has 0 bridgehead atoms. The van der Waals surface area contributed by atoms with Crippen LogP contribution in [0.25, 0.3) is 0 Å². The predicted octanol–water partition coefficient (Wildman–Crippen LogP) is 2.98. The van der Waals surface area contributed by atoms with Crippen LogP contribution in [0.5, 0.6) is 0 Å². The van der Waals surface area contributed by atoms with Crippen molar-refractivity contribution in [1.29, 1.82) is 0 Å². The number of hydrogen-bond donors (Lipinski definition) is 2. The molecule has 2 heterocycles. The normalized spacial score (nSPS) is 27.4.